The van der Waals surface area contributed by atoms with Crippen molar-refractivity contribution in [3.05, 3.63) is 35.9 Å². The third kappa shape index (κ3) is 2.45. The molecule has 15 heavy (non-hydrogen) atoms. The molecule has 0 amide bonds. The summed E-state index contributed by atoms with van der Waals surface area (Å²) in [5, 5.41) is 0. The lowest BCUT2D eigenvalue weighted by atomic mass is 10.0. The Morgan fingerprint density at radius 2 is 2.00 bits per heavy atom. The first kappa shape index (κ1) is 10.4. The fraction of sp³-hybridized carbons (Fsp3) is 0.462. The van der Waals surface area contributed by atoms with E-state index in [2.05, 4.69) is 13.8 Å². The van der Waals surface area contributed by atoms with E-state index in [0.717, 1.165) is 5.56 Å². The third-order valence-corrected chi connectivity index (χ3v) is 2.55. The summed E-state index contributed by atoms with van der Waals surface area (Å²) >= 11 is 0. The predicted octanol–water partition coefficient (Wildman–Crippen LogP) is 2.74. The van der Waals surface area contributed by atoms with Gasteiger partial charge in [-0.25, -0.2) is 0 Å². The molecule has 0 radical (unpaired) electrons. The van der Waals surface area contributed by atoms with Gasteiger partial charge in [0.05, 0.1) is 0 Å². The molecule has 1 aromatic carbocycles. The Morgan fingerprint density at radius 1 is 1.33 bits per heavy atom. The molecule has 80 valence electrons. The lowest BCUT2D eigenvalue weighted by Crippen LogP contribution is -2.10. The minimum Gasteiger partial charge on any atom is -0.356 e. The van der Waals surface area contributed by atoms with Crippen LogP contribution in [0, 0.1) is 5.92 Å². The van der Waals surface area contributed by atoms with E-state index in [1.54, 1.807) is 0 Å². The zero-order chi connectivity index (χ0) is 10.8. The molecule has 0 unspecified atom stereocenters. The maximum absolute atomic E-state index is 11.7. The topological polar surface area (TPSA) is 29.6 Å². The molecule has 2 heteroatoms. The van der Waals surface area contributed by atoms with Gasteiger partial charge in [0.25, 0.3) is 0 Å². The number of epoxide rings is 1. The summed E-state index contributed by atoms with van der Waals surface area (Å²) < 4.78 is 5.42. The van der Waals surface area contributed by atoms with E-state index in [0.29, 0.717) is 12.3 Å². The number of benzene rings is 1. The molecule has 2 rings (SSSR count). The summed E-state index contributed by atoms with van der Waals surface area (Å²) in [6.07, 6.45) is 0.445. The number of hydrogen-bond donors (Lipinski definition) is 0. The SMILES string of the molecule is CC(C)CC(=O)[C@H]1O[C@@H]1c1ccccc1. The molecule has 2 nitrogen and oxygen atoms in total. The zero-order valence-corrected chi connectivity index (χ0v) is 9.14. The summed E-state index contributed by atoms with van der Waals surface area (Å²) in [6.45, 7) is 4.11. The average molecular weight is 204 g/mol. The number of ether oxygens (including phenoxy) is 1. The minimum atomic E-state index is -0.185. The summed E-state index contributed by atoms with van der Waals surface area (Å²) in [7, 11) is 0. The Bertz CT molecular complexity index is 343. The van der Waals surface area contributed by atoms with Crippen LogP contribution in [0.5, 0.6) is 0 Å². The smallest absolute Gasteiger partial charge is 0.164 e. The van der Waals surface area contributed by atoms with Gasteiger partial charge in [-0.05, 0) is 11.5 Å². The van der Waals surface area contributed by atoms with Gasteiger partial charge >= 0.3 is 0 Å². The maximum Gasteiger partial charge on any atom is 0.164 e. The van der Waals surface area contributed by atoms with E-state index in [4.69, 9.17) is 4.74 Å². The van der Waals surface area contributed by atoms with Crippen LogP contribution in [0.3, 0.4) is 0 Å². The molecule has 1 aliphatic rings. The summed E-state index contributed by atoms with van der Waals surface area (Å²) in [5.74, 6) is 0.650. The molecule has 2 atom stereocenters. The summed E-state index contributed by atoms with van der Waals surface area (Å²) in [4.78, 5) is 11.7. The van der Waals surface area contributed by atoms with Gasteiger partial charge in [-0.1, -0.05) is 44.2 Å². The molecule has 1 fully saturated rings. The van der Waals surface area contributed by atoms with Crippen LogP contribution in [-0.2, 0) is 9.53 Å². The van der Waals surface area contributed by atoms with E-state index in [1.165, 1.54) is 0 Å². The molecule has 0 aliphatic carbocycles. The second kappa shape index (κ2) is 4.15. The van der Waals surface area contributed by atoms with Crippen LogP contribution in [0.2, 0.25) is 0 Å². The van der Waals surface area contributed by atoms with E-state index in [1.807, 2.05) is 30.3 Å². The van der Waals surface area contributed by atoms with Gasteiger partial charge in [-0.15, -0.1) is 0 Å². The number of carbonyl (C=O) groups is 1. The Morgan fingerprint density at radius 3 is 2.60 bits per heavy atom. The highest BCUT2D eigenvalue weighted by Gasteiger charge is 2.45. The van der Waals surface area contributed by atoms with Crippen molar-refractivity contribution >= 4 is 5.78 Å². The Kier molecular flexibility index (Phi) is 2.87. The van der Waals surface area contributed by atoms with Crippen LogP contribution < -0.4 is 0 Å². The van der Waals surface area contributed by atoms with Gasteiger partial charge in [-0.3, -0.25) is 4.79 Å². The number of ketones is 1. The fourth-order valence-corrected chi connectivity index (χ4v) is 1.77. The van der Waals surface area contributed by atoms with Crippen LogP contribution >= 0.6 is 0 Å². The van der Waals surface area contributed by atoms with E-state index >= 15 is 0 Å². The van der Waals surface area contributed by atoms with Crippen LogP contribution in [0.15, 0.2) is 30.3 Å². The molecular weight excluding hydrogens is 188 g/mol. The molecule has 1 aromatic rings. The van der Waals surface area contributed by atoms with E-state index in [-0.39, 0.29) is 18.0 Å². The lowest BCUT2D eigenvalue weighted by Gasteiger charge is -2.00. The molecular formula is C13H16O2. The molecule has 1 heterocycles. The van der Waals surface area contributed by atoms with Gasteiger partial charge in [0.15, 0.2) is 5.78 Å². The number of rotatable bonds is 4. The molecule has 0 N–H and O–H groups in total. The largest absolute Gasteiger partial charge is 0.356 e. The minimum absolute atomic E-state index is 0.0115. The van der Waals surface area contributed by atoms with Crippen molar-refractivity contribution in [1.82, 2.24) is 0 Å². The van der Waals surface area contributed by atoms with Crippen LogP contribution in [0.25, 0.3) is 0 Å². The van der Waals surface area contributed by atoms with Crippen molar-refractivity contribution in [3.8, 4) is 0 Å². The van der Waals surface area contributed by atoms with Gasteiger partial charge in [0, 0.05) is 6.42 Å². The van der Waals surface area contributed by atoms with Gasteiger partial charge in [-0.2, -0.15) is 0 Å². The third-order valence-electron chi connectivity index (χ3n) is 2.55. The number of hydrogen-bond acceptors (Lipinski definition) is 2. The average Bonchev–Trinajstić information content (AvgIpc) is 2.97. The van der Waals surface area contributed by atoms with Crippen LogP contribution in [0.1, 0.15) is 31.9 Å². The molecule has 1 saturated heterocycles. The predicted molar refractivity (Wildman–Crippen MR) is 58.5 cm³/mol. The Hall–Kier alpha value is -1.15. The maximum atomic E-state index is 11.7. The van der Waals surface area contributed by atoms with Crippen LogP contribution in [0.4, 0.5) is 0 Å². The first-order valence-electron chi connectivity index (χ1n) is 5.41. The highest BCUT2D eigenvalue weighted by Crippen LogP contribution is 2.39. The Balaban J connectivity index is 1.94. The highest BCUT2D eigenvalue weighted by atomic mass is 16.6. The van der Waals surface area contributed by atoms with Crippen LogP contribution in [-0.4, -0.2) is 11.9 Å². The van der Waals surface area contributed by atoms with Gasteiger partial charge in [0.2, 0.25) is 0 Å². The standard InChI is InChI=1S/C13H16O2/c1-9(2)8-11(14)13-12(15-13)10-6-4-3-5-7-10/h3-7,9,12-13H,8H2,1-2H3/t12-,13-/m1/s1. The summed E-state index contributed by atoms with van der Waals surface area (Å²) in [6, 6.07) is 9.93. The van der Waals surface area contributed by atoms with E-state index < -0.39 is 0 Å². The van der Waals surface area contributed by atoms with Gasteiger partial charge < -0.3 is 4.74 Å². The summed E-state index contributed by atoms with van der Waals surface area (Å²) in [5.41, 5.74) is 1.11. The second-order valence-electron chi connectivity index (χ2n) is 4.45. The second-order valence-corrected chi connectivity index (χ2v) is 4.45. The lowest BCUT2D eigenvalue weighted by molar-refractivity contribution is -0.120. The van der Waals surface area contributed by atoms with Crippen molar-refractivity contribution in [2.75, 3.05) is 0 Å². The van der Waals surface area contributed by atoms with Crippen molar-refractivity contribution in [3.63, 3.8) is 0 Å². The molecule has 0 aromatic heterocycles. The van der Waals surface area contributed by atoms with Crippen molar-refractivity contribution in [1.29, 1.82) is 0 Å². The monoisotopic (exact) mass is 204 g/mol. The quantitative estimate of drug-likeness (QED) is 0.706. The number of Topliss-reactive ketones (excluding diaryl/α,β-unsaturated/α-hetero) is 1. The number of carbonyl (C=O) groups excluding carboxylic acids is 1. The normalized spacial score (nSPS) is 24.2. The van der Waals surface area contributed by atoms with Gasteiger partial charge in [0.1, 0.15) is 12.2 Å². The van der Waals surface area contributed by atoms with E-state index in [9.17, 15) is 4.79 Å². The van der Waals surface area contributed by atoms with Crippen molar-refractivity contribution < 1.29 is 9.53 Å². The fourth-order valence-electron chi connectivity index (χ4n) is 1.77. The highest BCUT2D eigenvalue weighted by molar-refractivity contribution is 5.86. The zero-order valence-electron chi connectivity index (χ0n) is 9.14. The Labute approximate surface area is 90.3 Å². The first-order valence-corrected chi connectivity index (χ1v) is 5.41. The first-order chi connectivity index (χ1) is 7.18. The molecule has 1 aliphatic heterocycles. The van der Waals surface area contributed by atoms with Crippen molar-refractivity contribution in [2.45, 2.75) is 32.5 Å². The molecule has 0 saturated carbocycles. The molecule has 0 bridgehead atoms. The van der Waals surface area contributed by atoms with Crippen molar-refractivity contribution in [2.24, 2.45) is 5.92 Å². The molecule has 0 spiro atoms.